The molecule has 1 rings (SSSR count). The van der Waals surface area contributed by atoms with Crippen LogP contribution in [0.25, 0.3) is 6.08 Å². The van der Waals surface area contributed by atoms with Crippen LogP contribution in [0.3, 0.4) is 0 Å². The van der Waals surface area contributed by atoms with Crippen molar-refractivity contribution >= 4 is 30.4 Å². The van der Waals surface area contributed by atoms with Crippen molar-refractivity contribution < 1.29 is 23.7 Å². The third-order valence-electron chi connectivity index (χ3n) is 6.00. The summed E-state index contributed by atoms with van der Waals surface area (Å²) in [6, 6.07) is 3.83. The van der Waals surface area contributed by atoms with Gasteiger partial charge in [0.2, 0.25) is 0 Å². The van der Waals surface area contributed by atoms with Gasteiger partial charge in [-0.3, -0.25) is 0 Å². The van der Waals surface area contributed by atoms with E-state index in [9.17, 15) is 4.79 Å². The molecule has 5 nitrogen and oxygen atoms in total. The average molecular weight is 541 g/mol. The summed E-state index contributed by atoms with van der Waals surface area (Å²) < 4.78 is 26.4. The predicted octanol–water partition coefficient (Wildman–Crippen LogP) is 6.66. The molecule has 0 unspecified atom stereocenters. The fraction of sp³-hybridized carbons (Fsp3) is 0.640. The van der Waals surface area contributed by atoms with Crippen molar-refractivity contribution in [1.82, 2.24) is 0 Å². The van der Waals surface area contributed by atoms with Crippen LogP contribution in [0.2, 0.25) is 13.3 Å². The second-order valence-electron chi connectivity index (χ2n) is 8.10. The van der Waals surface area contributed by atoms with Crippen LogP contribution in [-0.2, 0) is 9.53 Å². The van der Waals surface area contributed by atoms with Crippen LogP contribution in [0.1, 0.15) is 64.9 Å². The molecule has 0 spiro atoms. The summed E-state index contributed by atoms with van der Waals surface area (Å²) in [5, 5.41) is 0. The number of ether oxygens (including phenoxy) is 4. The van der Waals surface area contributed by atoms with Crippen LogP contribution in [0.5, 0.6) is 17.2 Å². The predicted molar refractivity (Wildman–Crippen MR) is 131 cm³/mol. The Morgan fingerprint density at radius 3 is 1.58 bits per heavy atom. The van der Waals surface area contributed by atoms with Gasteiger partial charge in [0.05, 0.1) is 0 Å². The minimum atomic E-state index is -3.01. The summed E-state index contributed by atoms with van der Waals surface area (Å²) in [7, 11) is 6.32. The molecule has 0 aliphatic heterocycles. The number of benzene rings is 1. The first-order valence-electron chi connectivity index (χ1n) is 11.6. The Labute approximate surface area is 193 Å². The summed E-state index contributed by atoms with van der Waals surface area (Å²) in [5.41, 5.74) is 0.889. The Bertz CT molecular complexity index is 667. The van der Waals surface area contributed by atoms with E-state index in [1.165, 1.54) is 39.7 Å². The fourth-order valence-corrected chi connectivity index (χ4v) is 20.4. The molecule has 176 valence electrons. The van der Waals surface area contributed by atoms with Crippen LogP contribution in [0.4, 0.5) is 0 Å². The van der Waals surface area contributed by atoms with Crippen molar-refractivity contribution in [2.75, 3.05) is 28.4 Å². The van der Waals surface area contributed by atoms with Gasteiger partial charge in [-0.2, -0.15) is 0 Å². The van der Waals surface area contributed by atoms with Crippen molar-refractivity contribution in [1.29, 1.82) is 0 Å². The number of unbranched alkanes of at least 4 members (excludes halogenated alkanes) is 3. The first kappa shape index (κ1) is 27.7. The maximum atomic E-state index is 13.2. The number of esters is 1. The van der Waals surface area contributed by atoms with E-state index in [0.29, 0.717) is 17.2 Å². The van der Waals surface area contributed by atoms with Gasteiger partial charge < -0.3 is 0 Å². The van der Waals surface area contributed by atoms with Crippen molar-refractivity contribution in [3.8, 4) is 17.2 Å². The standard InChI is InChI=1S/C13H15O5.3C4H9.Sn/c1-15-10-7-9(5-6-12(14)17-3)8-11(16-2)13(10)18-4;3*1-3-4-2;/h5,7-8H,1-4H3;3*1,3-4H2,2H3;. The number of carbonyl (C=O) groups is 1. The molecule has 0 heterocycles. The molecule has 0 aromatic heterocycles. The van der Waals surface area contributed by atoms with Crippen LogP contribution in [-0.4, -0.2) is 52.8 Å². The normalized spacial score (nSPS) is 11.9. The molecule has 0 bridgehead atoms. The van der Waals surface area contributed by atoms with Crippen molar-refractivity contribution in [3.05, 3.63) is 21.3 Å². The molecule has 0 saturated heterocycles. The Morgan fingerprint density at radius 1 is 0.806 bits per heavy atom. The number of hydrogen-bond acceptors (Lipinski definition) is 5. The average Bonchev–Trinajstić information content (AvgIpc) is 2.81. The van der Waals surface area contributed by atoms with E-state index in [2.05, 4.69) is 26.8 Å². The summed E-state index contributed by atoms with van der Waals surface area (Å²) in [4.78, 5) is 13.2. The van der Waals surface area contributed by atoms with Gasteiger partial charge in [-0.25, -0.2) is 0 Å². The molecule has 0 saturated carbocycles. The first-order valence-corrected chi connectivity index (χ1v) is 19.0. The molecule has 0 radical (unpaired) electrons. The van der Waals surface area contributed by atoms with E-state index in [-0.39, 0.29) is 5.97 Å². The van der Waals surface area contributed by atoms with Gasteiger partial charge >= 0.3 is 194 Å². The van der Waals surface area contributed by atoms with E-state index in [0.717, 1.165) is 28.4 Å². The fourth-order valence-electron chi connectivity index (χ4n) is 4.21. The second kappa shape index (κ2) is 14.6. The van der Waals surface area contributed by atoms with E-state index < -0.39 is 18.4 Å². The van der Waals surface area contributed by atoms with Crippen LogP contribution in [0.15, 0.2) is 15.7 Å². The molecule has 0 N–H and O–H groups in total. The van der Waals surface area contributed by atoms with Crippen molar-refractivity contribution in [2.24, 2.45) is 0 Å². The summed E-state index contributed by atoms with van der Waals surface area (Å²) in [6.45, 7) is 6.70. The van der Waals surface area contributed by atoms with Crippen LogP contribution >= 0.6 is 0 Å². The molecule has 31 heavy (non-hydrogen) atoms. The molecule has 1 aromatic carbocycles. The third-order valence-corrected chi connectivity index (χ3v) is 21.5. The minimum absolute atomic E-state index is 0.159. The van der Waals surface area contributed by atoms with Gasteiger partial charge in [-0.15, -0.1) is 0 Å². The van der Waals surface area contributed by atoms with E-state index in [1.54, 1.807) is 21.3 Å². The SMILES string of the molecule is CCC[CH2][Sn]([CH2]CCC)([CH2]CCC)/[C](=C/c1cc(OC)c(OC)c(OC)c1)C(=O)OC. The van der Waals surface area contributed by atoms with E-state index in [1.807, 2.05) is 12.1 Å². The van der Waals surface area contributed by atoms with Crippen molar-refractivity contribution in [3.63, 3.8) is 0 Å². The number of rotatable bonds is 15. The second-order valence-corrected chi connectivity index (χ2v) is 21.2. The Morgan fingerprint density at radius 2 is 1.26 bits per heavy atom. The molecule has 1 aromatic rings. The zero-order valence-electron chi connectivity index (χ0n) is 20.6. The summed E-state index contributed by atoms with van der Waals surface area (Å²) in [5.74, 6) is 1.58. The van der Waals surface area contributed by atoms with Gasteiger partial charge in [0, 0.05) is 0 Å². The molecular formula is C25H42O5Sn. The van der Waals surface area contributed by atoms with E-state index >= 15 is 0 Å². The number of methoxy groups -OCH3 is 4. The van der Waals surface area contributed by atoms with Crippen LogP contribution in [0, 0.1) is 0 Å². The first-order chi connectivity index (χ1) is 15.0. The van der Waals surface area contributed by atoms with Crippen molar-refractivity contribution in [2.45, 2.75) is 72.6 Å². The Balaban J connectivity index is 3.69. The molecule has 0 atom stereocenters. The summed E-state index contributed by atoms with van der Waals surface area (Å²) >= 11 is -3.01. The van der Waals surface area contributed by atoms with Gasteiger partial charge in [0.15, 0.2) is 0 Å². The van der Waals surface area contributed by atoms with Gasteiger partial charge in [-0.05, 0) is 0 Å². The topological polar surface area (TPSA) is 54.0 Å². The monoisotopic (exact) mass is 542 g/mol. The van der Waals surface area contributed by atoms with E-state index in [4.69, 9.17) is 18.9 Å². The number of hydrogen-bond donors (Lipinski definition) is 0. The quantitative estimate of drug-likeness (QED) is 0.141. The Kier molecular flexibility index (Phi) is 13.1. The van der Waals surface area contributed by atoms with Crippen LogP contribution < -0.4 is 14.2 Å². The molecule has 0 amide bonds. The van der Waals surface area contributed by atoms with Gasteiger partial charge in [0.25, 0.3) is 0 Å². The van der Waals surface area contributed by atoms with Gasteiger partial charge in [0.1, 0.15) is 0 Å². The number of carbonyl (C=O) groups excluding carboxylic acids is 1. The zero-order valence-corrected chi connectivity index (χ0v) is 23.5. The summed E-state index contributed by atoms with van der Waals surface area (Å²) in [6.07, 6.45) is 9.03. The zero-order chi connectivity index (χ0) is 23.3. The maximum absolute atomic E-state index is 13.2. The molecule has 0 aliphatic carbocycles. The molecular weight excluding hydrogens is 499 g/mol. The third kappa shape index (κ3) is 7.62. The molecule has 0 aliphatic rings. The molecule has 6 heteroatoms. The Hall–Kier alpha value is -1.37. The molecule has 0 fully saturated rings. The van der Waals surface area contributed by atoms with Gasteiger partial charge in [-0.1, -0.05) is 0 Å².